The van der Waals surface area contributed by atoms with Crippen LogP contribution in [0.15, 0.2) is 54.6 Å². The molecule has 2 rings (SSSR count). The number of amides is 1. The smallest absolute Gasteiger partial charge is 0.251 e. The molecule has 3 heteroatoms. The first-order valence-electron chi connectivity index (χ1n) is 6.69. The van der Waals surface area contributed by atoms with Crippen LogP contribution < -0.4 is 5.32 Å². The molecule has 2 aromatic carbocycles. The zero-order chi connectivity index (χ0) is 14.2. The summed E-state index contributed by atoms with van der Waals surface area (Å²) in [6, 6.07) is 17.6. The summed E-state index contributed by atoms with van der Waals surface area (Å²) in [6.45, 7) is 1.16. The molecule has 0 aliphatic heterocycles. The van der Waals surface area contributed by atoms with Crippen LogP contribution in [0.3, 0.4) is 0 Å². The van der Waals surface area contributed by atoms with E-state index >= 15 is 0 Å². The molecule has 20 heavy (non-hydrogen) atoms. The van der Waals surface area contributed by atoms with Gasteiger partial charge in [-0.25, -0.2) is 0 Å². The van der Waals surface area contributed by atoms with Crippen molar-refractivity contribution in [2.75, 3.05) is 13.7 Å². The van der Waals surface area contributed by atoms with E-state index in [1.165, 1.54) is 5.56 Å². The third-order valence-electron chi connectivity index (χ3n) is 3.04. The maximum absolute atomic E-state index is 12.0. The fourth-order valence-electron chi connectivity index (χ4n) is 2.04. The molecule has 0 radical (unpaired) electrons. The van der Waals surface area contributed by atoms with E-state index in [4.69, 9.17) is 4.74 Å². The maximum Gasteiger partial charge on any atom is 0.251 e. The summed E-state index contributed by atoms with van der Waals surface area (Å²) < 4.78 is 5.07. The van der Waals surface area contributed by atoms with Gasteiger partial charge in [0.1, 0.15) is 0 Å². The lowest BCUT2D eigenvalue weighted by molar-refractivity contribution is 0.0954. The molecule has 2 aromatic rings. The van der Waals surface area contributed by atoms with E-state index in [-0.39, 0.29) is 5.91 Å². The molecule has 0 bridgehead atoms. The Morgan fingerprint density at radius 2 is 1.80 bits per heavy atom. The Morgan fingerprint density at radius 1 is 1.05 bits per heavy atom. The van der Waals surface area contributed by atoms with Crippen LogP contribution in [0.4, 0.5) is 0 Å². The van der Waals surface area contributed by atoms with E-state index in [2.05, 4.69) is 17.4 Å². The highest BCUT2D eigenvalue weighted by atomic mass is 16.5. The second-order valence-corrected chi connectivity index (χ2v) is 4.62. The van der Waals surface area contributed by atoms with Gasteiger partial charge >= 0.3 is 0 Å². The lowest BCUT2D eigenvalue weighted by atomic mass is 10.1. The van der Waals surface area contributed by atoms with Gasteiger partial charge in [0.15, 0.2) is 0 Å². The highest BCUT2D eigenvalue weighted by Crippen LogP contribution is 2.06. The highest BCUT2D eigenvalue weighted by Gasteiger charge is 2.05. The Labute approximate surface area is 119 Å². The third kappa shape index (κ3) is 4.21. The first-order chi connectivity index (χ1) is 9.79. The minimum absolute atomic E-state index is 0.0427. The van der Waals surface area contributed by atoms with Crippen LogP contribution in [0, 0.1) is 0 Å². The predicted molar refractivity (Wildman–Crippen MR) is 79.6 cm³/mol. The molecule has 0 atom stereocenters. The average molecular weight is 269 g/mol. The summed E-state index contributed by atoms with van der Waals surface area (Å²) >= 11 is 0. The van der Waals surface area contributed by atoms with Crippen LogP contribution in [0.5, 0.6) is 0 Å². The van der Waals surface area contributed by atoms with Gasteiger partial charge in [0, 0.05) is 19.2 Å². The number of rotatable bonds is 6. The van der Waals surface area contributed by atoms with Crippen molar-refractivity contribution in [3.8, 4) is 0 Å². The fraction of sp³-hybridized carbons (Fsp3) is 0.235. The quantitative estimate of drug-likeness (QED) is 0.875. The van der Waals surface area contributed by atoms with Crippen LogP contribution in [0.25, 0.3) is 0 Å². The Balaban J connectivity index is 1.87. The number of methoxy groups -OCH3 is 1. The number of hydrogen-bond acceptors (Lipinski definition) is 2. The second-order valence-electron chi connectivity index (χ2n) is 4.62. The molecule has 0 unspecified atom stereocenters. The van der Waals surface area contributed by atoms with Crippen molar-refractivity contribution < 1.29 is 9.53 Å². The molecule has 0 fully saturated rings. The molecule has 104 valence electrons. The normalized spacial score (nSPS) is 10.2. The van der Waals surface area contributed by atoms with Gasteiger partial charge in [-0.1, -0.05) is 42.5 Å². The van der Waals surface area contributed by atoms with E-state index < -0.39 is 0 Å². The van der Waals surface area contributed by atoms with Gasteiger partial charge in [0.2, 0.25) is 0 Å². The van der Waals surface area contributed by atoms with Crippen LogP contribution in [-0.2, 0) is 17.8 Å². The Morgan fingerprint density at radius 3 is 2.55 bits per heavy atom. The van der Waals surface area contributed by atoms with E-state index in [1.807, 2.05) is 42.5 Å². The summed E-state index contributed by atoms with van der Waals surface area (Å²) in [4.78, 5) is 12.0. The zero-order valence-electron chi connectivity index (χ0n) is 11.6. The highest BCUT2D eigenvalue weighted by molar-refractivity contribution is 5.94. The average Bonchev–Trinajstić information content (AvgIpc) is 2.49. The largest absolute Gasteiger partial charge is 0.380 e. The first kappa shape index (κ1) is 14.3. The van der Waals surface area contributed by atoms with E-state index in [1.54, 1.807) is 7.11 Å². The van der Waals surface area contributed by atoms with Crippen LogP contribution >= 0.6 is 0 Å². The van der Waals surface area contributed by atoms with Gasteiger partial charge in [-0.2, -0.15) is 0 Å². The minimum atomic E-state index is -0.0427. The van der Waals surface area contributed by atoms with Gasteiger partial charge in [-0.05, 0) is 29.7 Å². The van der Waals surface area contributed by atoms with E-state index in [9.17, 15) is 4.79 Å². The van der Waals surface area contributed by atoms with Gasteiger partial charge < -0.3 is 10.1 Å². The summed E-state index contributed by atoms with van der Waals surface area (Å²) in [7, 11) is 1.65. The predicted octanol–water partition coefficient (Wildman–Crippen LogP) is 2.81. The van der Waals surface area contributed by atoms with Crippen molar-refractivity contribution in [2.45, 2.75) is 13.0 Å². The first-order valence-corrected chi connectivity index (χ1v) is 6.69. The molecule has 0 aliphatic rings. The Kier molecular flexibility index (Phi) is 5.33. The molecule has 0 saturated heterocycles. The van der Waals surface area contributed by atoms with E-state index in [0.717, 1.165) is 12.0 Å². The maximum atomic E-state index is 12.0. The van der Waals surface area contributed by atoms with Crippen molar-refractivity contribution in [1.82, 2.24) is 5.32 Å². The van der Waals surface area contributed by atoms with Crippen LogP contribution in [0.2, 0.25) is 0 Å². The second kappa shape index (κ2) is 7.46. The van der Waals surface area contributed by atoms with E-state index in [0.29, 0.717) is 18.7 Å². The monoisotopic (exact) mass is 269 g/mol. The number of carbonyl (C=O) groups excluding carboxylic acids is 1. The Hall–Kier alpha value is -2.13. The van der Waals surface area contributed by atoms with Gasteiger partial charge in [0.05, 0.1) is 6.61 Å². The third-order valence-corrected chi connectivity index (χ3v) is 3.04. The van der Waals surface area contributed by atoms with Crippen molar-refractivity contribution >= 4 is 5.91 Å². The summed E-state index contributed by atoms with van der Waals surface area (Å²) in [5.41, 5.74) is 2.90. The van der Waals surface area contributed by atoms with Crippen molar-refractivity contribution in [3.63, 3.8) is 0 Å². The molecule has 0 heterocycles. The van der Waals surface area contributed by atoms with Crippen LogP contribution in [-0.4, -0.2) is 19.6 Å². The van der Waals surface area contributed by atoms with Crippen molar-refractivity contribution in [3.05, 3.63) is 71.3 Å². The summed E-state index contributed by atoms with van der Waals surface area (Å²) in [5, 5.41) is 2.94. The standard InChI is InChI=1S/C17H19NO2/c1-20-13-15-8-5-9-16(12-15)17(19)18-11-10-14-6-3-2-4-7-14/h2-9,12H,10-11,13H2,1H3,(H,18,19). The number of benzene rings is 2. The molecule has 1 amide bonds. The van der Waals surface area contributed by atoms with Gasteiger partial charge in [-0.15, -0.1) is 0 Å². The molecule has 0 spiro atoms. The molecule has 1 N–H and O–H groups in total. The molecule has 0 aliphatic carbocycles. The minimum Gasteiger partial charge on any atom is -0.380 e. The SMILES string of the molecule is COCc1cccc(C(=O)NCCc2ccccc2)c1. The zero-order valence-corrected chi connectivity index (χ0v) is 11.6. The molecule has 0 saturated carbocycles. The van der Waals surface area contributed by atoms with Crippen LogP contribution in [0.1, 0.15) is 21.5 Å². The molecular weight excluding hydrogens is 250 g/mol. The van der Waals surface area contributed by atoms with Crippen molar-refractivity contribution in [2.24, 2.45) is 0 Å². The molecule has 3 nitrogen and oxygen atoms in total. The topological polar surface area (TPSA) is 38.3 Å². The molecule has 0 aromatic heterocycles. The lowest BCUT2D eigenvalue weighted by Gasteiger charge is -2.07. The van der Waals surface area contributed by atoms with Crippen molar-refractivity contribution in [1.29, 1.82) is 0 Å². The number of nitrogens with one attached hydrogen (secondary N) is 1. The number of ether oxygens (including phenoxy) is 1. The number of carbonyl (C=O) groups is 1. The molecular formula is C17H19NO2. The Bertz CT molecular complexity index is 552. The lowest BCUT2D eigenvalue weighted by Crippen LogP contribution is -2.25. The summed E-state index contributed by atoms with van der Waals surface area (Å²) in [5.74, 6) is -0.0427. The summed E-state index contributed by atoms with van der Waals surface area (Å²) in [6.07, 6.45) is 0.838. The number of hydrogen-bond donors (Lipinski definition) is 1. The van der Waals surface area contributed by atoms with Gasteiger partial charge in [-0.3, -0.25) is 4.79 Å². The van der Waals surface area contributed by atoms with Gasteiger partial charge in [0.25, 0.3) is 5.91 Å². The fourth-order valence-corrected chi connectivity index (χ4v) is 2.04.